The first-order valence-electron chi connectivity index (χ1n) is 6.92. The van der Waals surface area contributed by atoms with E-state index >= 15 is 0 Å². The predicted molar refractivity (Wildman–Crippen MR) is 83.4 cm³/mol. The number of hydrogen-bond donors (Lipinski definition) is 0. The van der Waals surface area contributed by atoms with Crippen LogP contribution in [0.3, 0.4) is 0 Å². The molecule has 4 heteroatoms. The van der Waals surface area contributed by atoms with Crippen LogP contribution in [-0.2, 0) is 23.7 Å². The monoisotopic (exact) mass is 292 g/mol. The average molecular weight is 293 g/mol. The molecule has 0 amide bonds. The van der Waals surface area contributed by atoms with Gasteiger partial charge < -0.3 is 0 Å². The summed E-state index contributed by atoms with van der Waals surface area (Å²) >= 11 is 6.36. The summed E-state index contributed by atoms with van der Waals surface area (Å²) in [5, 5.41) is 6.11. The molecule has 0 radical (unpaired) electrons. The Hall–Kier alpha value is -1.35. The molecule has 0 bridgehead atoms. The van der Waals surface area contributed by atoms with Crippen LogP contribution < -0.4 is 0 Å². The van der Waals surface area contributed by atoms with Crippen LogP contribution in [0.5, 0.6) is 0 Å². The van der Waals surface area contributed by atoms with Crippen molar-refractivity contribution in [3.8, 4) is 0 Å². The standard InChI is InChI=1S/C16H21ClN2O/c1-6-10(20)9-13-14-12(17)8-7-11(16(2,3)4)15(14)19(5)18-13/h7-8H,6,9H2,1-5H3. The van der Waals surface area contributed by atoms with Gasteiger partial charge in [0.1, 0.15) is 5.78 Å². The quantitative estimate of drug-likeness (QED) is 0.855. The molecule has 2 rings (SSSR count). The number of carbonyl (C=O) groups excluding carboxylic acids is 1. The second-order valence-electron chi connectivity index (χ2n) is 6.21. The van der Waals surface area contributed by atoms with Crippen LogP contribution in [0.4, 0.5) is 0 Å². The second-order valence-corrected chi connectivity index (χ2v) is 6.62. The van der Waals surface area contributed by atoms with Gasteiger partial charge in [-0.05, 0) is 17.0 Å². The van der Waals surface area contributed by atoms with E-state index in [0.29, 0.717) is 17.9 Å². The van der Waals surface area contributed by atoms with Crippen molar-refractivity contribution in [2.24, 2.45) is 7.05 Å². The topological polar surface area (TPSA) is 34.9 Å². The molecular formula is C16H21ClN2O. The van der Waals surface area contributed by atoms with Crippen LogP contribution in [-0.4, -0.2) is 15.6 Å². The fourth-order valence-corrected chi connectivity index (χ4v) is 2.76. The maximum atomic E-state index is 11.7. The summed E-state index contributed by atoms with van der Waals surface area (Å²) in [5.74, 6) is 0.183. The number of benzene rings is 1. The van der Waals surface area contributed by atoms with Crippen molar-refractivity contribution < 1.29 is 4.79 Å². The molecule has 0 spiro atoms. The van der Waals surface area contributed by atoms with Gasteiger partial charge in [0.15, 0.2) is 0 Å². The number of ketones is 1. The van der Waals surface area contributed by atoms with Crippen molar-refractivity contribution in [2.45, 2.75) is 46.0 Å². The maximum absolute atomic E-state index is 11.7. The van der Waals surface area contributed by atoms with Crippen LogP contribution in [0, 0.1) is 0 Å². The molecule has 1 heterocycles. The van der Waals surface area contributed by atoms with Crippen molar-refractivity contribution in [2.75, 3.05) is 0 Å². The smallest absolute Gasteiger partial charge is 0.138 e. The van der Waals surface area contributed by atoms with Gasteiger partial charge in [-0.1, -0.05) is 45.4 Å². The molecule has 0 atom stereocenters. The summed E-state index contributed by atoms with van der Waals surface area (Å²) in [7, 11) is 1.91. The number of aryl methyl sites for hydroxylation is 1. The van der Waals surface area contributed by atoms with Crippen molar-refractivity contribution in [3.05, 3.63) is 28.4 Å². The van der Waals surface area contributed by atoms with E-state index in [4.69, 9.17) is 11.6 Å². The zero-order valence-corrected chi connectivity index (χ0v) is 13.5. The van der Waals surface area contributed by atoms with E-state index < -0.39 is 0 Å². The molecule has 0 saturated heterocycles. The lowest BCUT2D eigenvalue weighted by molar-refractivity contribution is -0.118. The number of rotatable bonds is 3. The zero-order chi connectivity index (χ0) is 15.1. The molecule has 0 fully saturated rings. The molecule has 20 heavy (non-hydrogen) atoms. The Morgan fingerprint density at radius 2 is 2.00 bits per heavy atom. The number of hydrogen-bond acceptors (Lipinski definition) is 2. The van der Waals surface area contributed by atoms with Crippen molar-refractivity contribution >= 4 is 28.3 Å². The summed E-state index contributed by atoms with van der Waals surface area (Å²) in [4.78, 5) is 11.7. The fraction of sp³-hybridized carbons (Fsp3) is 0.500. The Morgan fingerprint density at radius 3 is 2.55 bits per heavy atom. The molecule has 0 saturated carbocycles. The molecule has 1 aromatic heterocycles. The van der Waals surface area contributed by atoms with Crippen molar-refractivity contribution in [1.29, 1.82) is 0 Å². The summed E-state index contributed by atoms with van der Waals surface area (Å²) < 4.78 is 1.85. The van der Waals surface area contributed by atoms with E-state index in [2.05, 4.69) is 31.9 Å². The SMILES string of the molecule is CCC(=O)Cc1nn(C)c2c(C(C)(C)C)ccc(Cl)c12. The number of halogens is 1. The van der Waals surface area contributed by atoms with Gasteiger partial charge in [0, 0.05) is 18.9 Å². The molecule has 3 nitrogen and oxygen atoms in total. The molecular weight excluding hydrogens is 272 g/mol. The Labute approximate surface area is 124 Å². The third kappa shape index (κ3) is 2.59. The highest BCUT2D eigenvalue weighted by Gasteiger charge is 2.23. The van der Waals surface area contributed by atoms with Gasteiger partial charge in [-0.3, -0.25) is 9.48 Å². The first-order chi connectivity index (χ1) is 9.25. The largest absolute Gasteiger partial charge is 0.299 e. The zero-order valence-electron chi connectivity index (χ0n) is 12.7. The van der Waals surface area contributed by atoms with Crippen LogP contribution in [0.1, 0.15) is 45.4 Å². The second kappa shape index (κ2) is 5.21. The Morgan fingerprint density at radius 1 is 1.35 bits per heavy atom. The molecule has 0 aliphatic carbocycles. The van der Waals surface area contributed by atoms with Gasteiger partial charge in [0.25, 0.3) is 0 Å². The van der Waals surface area contributed by atoms with Crippen LogP contribution in [0.2, 0.25) is 5.02 Å². The van der Waals surface area contributed by atoms with Crippen molar-refractivity contribution in [1.82, 2.24) is 9.78 Å². The minimum absolute atomic E-state index is 0.00265. The lowest BCUT2D eigenvalue weighted by Gasteiger charge is -2.21. The van der Waals surface area contributed by atoms with Crippen LogP contribution in [0.15, 0.2) is 12.1 Å². The Kier molecular flexibility index (Phi) is 3.92. The van der Waals surface area contributed by atoms with Gasteiger partial charge in [-0.25, -0.2) is 0 Å². The van der Waals surface area contributed by atoms with Crippen molar-refractivity contribution in [3.63, 3.8) is 0 Å². The van der Waals surface area contributed by atoms with E-state index in [9.17, 15) is 4.79 Å². The molecule has 0 aliphatic heterocycles. The molecule has 0 N–H and O–H groups in total. The third-order valence-electron chi connectivity index (χ3n) is 3.58. The summed E-state index contributed by atoms with van der Waals surface area (Å²) in [5.41, 5.74) is 3.01. The Balaban J connectivity index is 2.73. The molecule has 108 valence electrons. The van der Waals surface area contributed by atoms with Crippen LogP contribution >= 0.6 is 11.6 Å². The number of Topliss-reactive ketones (excluding diaryl/α,β-unsaturated/α-hetero) is 1. The van der Waals surface area contributed by atoms with Gasteiger partial charge in [-0.15, -0.1) is 0 Å². The lowest BCUT2D eigenvalue weighted by atomic mass is 9.85. The molecule has 1 aromatic carbocycles. The fourth-order valence-electron chi connectivity index (χ4n) is 2.50. The first-order valence-corrected chi connectivity index (χ1v) is 7.29. The molecule has 0 aliphatic rings. The van der Waals surface area contributed by atoms with Gasteiger partial charge >= 0.3 is 0 Å². The third-order valence-corrected chi connectivity index (χ3v) is 3.89. The highest BCUT2D eigenvalue weighted by Crippen LogP contribution is 2.35. The van der Waals surface area contributed by atoms with Crippen LogP contribution in [0.25, 0.3) is 10.9 Å². The van der Waals surface area contributed by atoms with E-state index in [-0.39, 0.29) is 11.2 Å². The average Bonchev–Trinajstić information content (AvgIpc) is 2.66. The lowest BCUT2D eigenvalue weighted by Crippen LogP contribution is -2.13. The van der Waals surface area contributed by atoms with E-state index in [1.807, 2.05) is 24.7 Å². The minimum Gasteiger partial charge on any atom is -0.299 e. The van der Waals surface area contributed by atoms with E-state index in [1.165, 1.54) is 5.56 Å². The van der Waals surface area contributed by atoms with Gasteiger partial charge in [0.05, 0.1) is 22.7 Å². The highest BCUT2D eigenvalue weighted by atomic mass is 35.5. The normalized spacial score (nSPS) is 12.1. The number of nitrogens with zero attached hydrogens (tertiary/aromatic N) is 2. The van der Waals surface area contributed by atoms with Gasteiger partial charge in [-0.2, -0.15) is 5.10 Å². The minimum atomic E-state index is 0.00265. The number of carbonyl (C=O) groups is 1. The highest BCUT2D eigenvalue weighted by molar-refractivity contribution is 6.35. The maximum Gasteiger partial charge on any atom is 0.138 e. The van der Waals surface area contributed by atoms with Gasteiger partial charge in [0.2, 0.25) is 0 Å². The number of aromatic nitrogens is 2. The van der Waals surface area contributed by atoms with E-state index in [0.717, 1.165) is 16.6 Å². The summed E-state index contributed by atoms with van der Waals surface area (Å²) in [6.45, 7) is 8.37. The summed E-state index contributed by atoms with van der Waals surface area (Å²) in [6, 6.07) is 3.96. The summed E-state index contributed by atoms with van der Waals surface area (Å²) in [6.07, 6.45) is 0.871. The first kappa shape index (κ1) is 15.0. The van der Waals surface area contributed by atoms with E-state index in [1.54, 1.807) is 0 Å². The predicted octanol–water partition coefficient (Wildman–Crippen LogP) is 4.05. The molecule has 2 aromatic rings. The number of fused-ring (bicyclic) bond motifs is 1. The Bertz CT molecular complexity index is 665. The molecule has 0 unspecified atom stereocenters.